The summed E-state index contributed by atoms with van der Waals surface area (Å²) >= 11 is 0. The molecule has 0 radical (unpaired) electrons. The summed E-state index contributed by atoms with van der Waals surface area (Å²) in [5, 5.41) is 8.11. The second-order valence-electron chi connectivity index (χ2n) is 8.59. The van der Waals surface area contributed by atoms with Crippen molar-refractivity contribution in [1.82, 2.24) is 25.0 Å². The van der Waals surface area contributed by atoms with Crippen molar-refractivity contribution < 1.29 is 9.59 Å². The molecule has 1 aliphatic carbocycles. The number of aryl methyl sites for hydroxylation is 2. The fraction of sp³-hybridized carbons (Fsp3) is 0.364. The minimum absolute atomic E-state index is 0.0576. The smallest absolute Gasteiger partial charge is 0.252 e. The number of amides is 1. The van der Waals surface area contributed by atoms with Crippen molar-refractivity contribution in [2.45, 2.75) is 40.0 Å². The van der Waals surface area contributed by atoms with Gasteiger partial charge in [0.1, 0.15) is 0 Å². The Bertz CT molecular complexity index is 1200. The Morgan fingerprint density at radius 3 is 2.77 bits per heavy atom. The third-order valence-electron chi connectivity index (χ3n) is 5.86. The van der Waals surface area contributed by atoms with Crippen molar-refractivity contribution in [3.8, 4) is 5.95 Å². The third-order valence-corrected chi connectivity index (χ3v) is 5.86. The van der Waals surface area contributed by atoms with E-state index in [0.29, 0.717) is 18.1 Å². The zero-order valence-corrected chi connectivity index (χ0v) is 17.2. The van der Waals surface area contributed by atoms with Crippen LogP contribution in [0.3, 0.4) is 0 Å². The molecule has 5 rings (SSSR count). The van der Waals surface area contributed by atoms with Gasteiger partial charge in [0.2, 0.25) is 11.7 Å². The van der Waals surface area contributed by atoms with Gasteiger partial charge >= 0.3 is 0 Å². The number of anilines is 1. The number of hydrogen-bond acceptors (Lipinski definition) is 6. The molecule has 0 saturated carbocycles. The fourth-order valence-electron chi connectivity index (χ4n) is 4.15. The summed E-state index contributed by atoms with van der Waals surface area (Å²) in [6.07, 6.45) is 4.59. The number of benzene rings is 1. The lowest BCUT2D eigenvalue weighted by atomic mass is 9.82. The molecule has 1 aliphatic heterocycles. The van der Waals surface area contributed by atoms with Crippen LogP contribution in [0, 0.1) is 12.3 Å². The second-order valence-corrected chi connectivity index (χ2v) is 8.59. The summed E-state index contributed by atoms with van der Waals surface area (Å²) in [6.45, 7) is 6.45. The van der Waals surface area contributed by atoms with Gasteiger partial charge in [0.05, 0.1) is 11.6 Å². The van der Waals surface area contributed by atoms with E-state index in [1.54, 1.807) is 29.3 Å². The quantitative estimate of drug-likeness (QED) is 0.492. The molecule has 152 valence electrons. The highest BCUT2D eigenvalue weighted by Gasteiger charge is 2.44. The van der Waals surface area contributed by atoms with Crippen LogP contribution in [0.25, 0.3) is 5.95 Å². The van der Waals surface area contributed by atoms with Crippen LogP contribution in [0.15, 0.2) is 30.5 Å². The monoisotopic (exact) mass is 402 g/mol. The molecule has 0 unspecified atom stereocenters. The maximum Gasteiger partial charge on any atom is 0.252 e. The Morgan fingerprint density at radius 1 is 1.17 bits per heavy atom. The van der Waals surface area contributed by atoms with Crippen LogP contribution in [0.2, 0.25) is 0 Å². The molecular weight excluding hydrogens is 380 g/mol. The van der Waals surface area contributed by atoms with Gasteiger partial charge in [-0.15, -0.1) is 5.10 Å². The van der Waals surface area contributed by atoms with E-state index in [4.69, 9.17) is 0 Å². The Labute approximate surface area is 174 Å². The number of carbonyl (C=O) groups excluding carboxylic acids is 2. The van der Waals surface area contributed by atoms with Gasteiger partial charge in [0.25, 0.3) is 5.95 Å². The molecule has 8 heteroatoms. The summed E-state index contributed by atoms with van der Waals surface area (Å²) in [4.78, 5) is 36.1. The van der Waals surface area contributed by atoms with Crippen LogP contribution in [0.1, 0.15) is 53.3 Å². The summed E-state index contributed by atoms with van der Waals surface area (Å²) in [6, 6.07) is 7.06. The van der Waals surface area contributed by atoms with Crippen LogP contribution in [0.4, 0.5) is 5.69 Å². The number of fused-ring (bicyclic) bond motifs is 1. The number of aromatic nitrogens is 5. The first kappa shape index (κ1) is 18.6. The summed E-state index contributed by atoms with van der Waals surface area (Å²) < 4.78 is 1.45. The molecule has 1 saturated heterocycles. The lowest BCUT2D eigenvalue weighted by molar-refractivity contribution is -0.132. The van der Waals surface area contributed by atoms with Gasteiger partial charge in [-0.3, -0.25) is 9.59 Å². The van der Waals surface area contributed by atoms with E-state index in [2.05, 4.69) is 20.3 Å². The average molecular weight is 402 g/mol. The fourth-order valence-corrected chi connectivity index (χ4v) is 4.15. The first-order chi connectivity index (χ1) is 14.3. The van der Waals surface area contributed by atoms with Crippen molar-refractivity contribution in [3.63, 3.8) is 0 Å². The van der Waals surface area contributed by atoms with Crippen molar-refractivity contribution in [3.05, 3.63) is 58.7 Å². The first-order valence-electron chi connectivity index (χ1n) is 10.1. The molecule has 0 bridgehead atoms. The number of rotatable bonds is 4. The molecule has 2 aromatic heterocycles. The van der Waals surface area contributed by atoms with Gasteiger partial charge in [-0.1, -0.05) is 17.3 Å². The SMILES string of the molecule is Cc1nc(-n2cc(C(=O)c3cccc(N4CC(C)(C)C4=O)c3)nn2)nc2c1CCC2. The highest BCUT2D eigenvalue weighted by atomic mass is 16.2. The van der Waals surface area contributed by atoms with Crippen LogP contribution < -0.4 is 4.90 Å². The van der Waals surface area contributed by atoms with Gasteiger partial charge in [-0.25, -0.2) is 9.97 Å². The summed E-state index contributed by atoms with van der Waals surface area (Å²) in [5.74, 6) is 0.234. The zero-order chi connectivity index (χ0) is 21.0. The molecule has 0 atom stereocenters. The number of nitrogens with zero attached hydrogens (tertiary/aromatic N) is 6. The highest BCUT2D eigenvalue weighted by Crippen LogP contribution is 2.35. The van der Waals surface area contributed by atoms with Gasteiger partial charge < -0.3 is 4.90 Å². The van der Waals surface area contributed by atoms with E-state index in [0.717, 1.165) is 36.3 Å². The van der Waals surface area contributed by atoms with Gasteiger partial charge in [0, 0.05) is 29.2 Å². The Kier molecular flexibility index (Phi) is 4.06. The van der Waals surface area contributed by atoms with Crippen molar-refractivity contribution in [2.75, 3.05) is 11.4 Å². The number of β-lactam (4-membered cyclic amide) rings is 1. The van der Waals surface area contributed by atoms with E-state index in [1.807, 2.05) is 26.8 Å². The van der Waals surface area contributed by atoms with Crippen molar-refractivity contribution in [1.29, 1.82) is 0 Å². The van der Waals surface area contributed by atoms with E-state index in [-0.39, 0.29) is 22.8 Å². The minimum atomic E-state index is -0.350. The largest absolute Gasteiger partial charge is 0.311 e. The average Bonchev–Trinajstić information content (AvgIpc) is 3.41. The highest BCUT2D eigenvalue weighted by molar-refractivity contribution is 6.09. The van der Waals surface area contributed by atoms with E-state index < -0.39 is 0 Å². The second kappa shape index (κ2) is 6.55. The lowest BCUT2D eigenvalue weighted by Gasteiger charge is -2.44. The molecule has 0 spiro atoms. The van der Waals surface area contributed by atoms with Gasteiger partial charge in [-0.2, -0.15) is 4.68 Å². The van der Waals surface area contributed by atoms with Gasteiger partial charge in [-0.05, 0) is 57.7 Å². The van der Waals surface area contributed by atoms with E-state index in [9.17, 15) is 9.59 Å². The molecular formula is C22H22N6O2. The third kappa shape index (κ3) is 2.91. The molecule has 1 aromatic carbocycles. The maximum atomic E-state index is 13.0. The molecule has 1 fully saturated rings. The minimum Gasteiger partial charge on any atom is -0.311 e. The van der Waals surface area contributed by atoms with Crippen LogP contribution in [-0.2, 0) is 17.6 Å². The predicted molar refractivity (Wildman–Crippen MR) is 110 cm³/mol. The molecule has 3 heterocycles. The molecule has 0 N–H and O–H groups in total. The number of hydrogen-bond donors (Lipinski definition) is 0. The van der Waals surface area contributed by atoms with Crippen LogP contribution >= 0.6 is 0 Å². The van der Waals surface area contributed by atoms with E-state index >= 15 is 0 Å². The molecule has 2 aliphatic rings. The number of carbonyl (C=O) groups is 2. The Hall–Kier alpha value is -3.42. The molecule has 30 heavy (non-hydrogen) atoms. The van der Waals surface area contributed by atoms with Gasteiger partial charge in [0.15, 0.2) is 5.69 Å². The number of ketones is 1. The van der Waals surface area contributed by atoms with Crippen LogP contribution in [0.5, 0.6) is 0 Å². The Morgan fingerprint density at radius 2 is 2.00 bits per heavy atom. The lowest BCUT2D eigenvalue weighted by Crippen LogP contribution is -2.58. The molecule has 3 aromatic rings. The summed E-state index contributed by atoms with van der Waals surface area (Å²) in [7, 11) is 0. The van der Waals surface area contributed by atoms with E-state index in [1.165, 1.54) is 10.2 Å². The van der Waals surface area contributed by atoms with Crippen LogP contribution in [-0.4, -0.2) is 43.2 Å². The zero-order valence-electron chi connectivity index (χ0n) is 17.2. The molecule has 1 amide bonds. The first-order valence-corrected chi connectivity index (χ1v) is 10.1. The predicted octanol–water partition coefficient (Wildman–Crippen LogP) is 2.46. The Balaban J connectivity index is 1.41. The van der Waals surface area contributed by atoms with Crippen molar-refractivity contribution >= 4 is 17.4 Å². The maximum absolute atomic E-state index is 13.0. The summed E-state index contributed by atoms with van der Waals surface area (Å²) in [5.41, 5.74) is 4.26. The van der Waals surface area contributed by atoms with Crippen molar-refractivity contribution in [2.24, 2.45) is 5.41 Å². The standard InChI is InChI=1S/C22H22N6O2/c1-13-16-8-5-9-17(16)24-21(23-13)28-11-18(25-26-28)19(29)14-6-4-7-15(10-14)27-12-22(2,3)20(27)30/h4,6-7,10-11H,5,8-9,12H2,1-3H3. The molecule has 8 nitrogen and oxygen atoms in total. The normalized spacial score (nSPS) is 17.0. The topological polar surface area (TPSA) is 93.9 Å².